The van der Waals surface area contributed by atoms with Gasteiger partial charge in [0.05, 0.1) is 10.6 Å². The van der Waals surface area contributed by atoms with Crippen LogP contribution in [0.5, 0.6) is 0 Å². The quantitative estimate of drug-likeness (QED) is 0.554. The average molecular weight is 442 g/mol. The lowest BCUT2D eigenvalue weighted by molar-refractivity contribution is -0.115. The van der Waals surface area contributed by atoms with Crippen molar-refractivity contribution in [3.8, 4) is 11.3 Å². The Morgan fingerprint density at radius 2 is 1.79 bits per heavy atom. The van der Waals surface area contributed by atoms with Crippen LogP contribution in [0.4, 0.5) is 9.93 Å². The number of anilines is 1. The van der Waals surface area contributed by atoms with Gasteiger partial charge in [0, 0.05) is 21.5 Å². The smallest absolute Gasteiger partial charge is 0.290 e. The lowest BCUT2D eigenvalue weighted by Crippen LogP contribution is -2.17. The fourth-order valence-electron chi connectivity index (χ4n) is 2.56. The summed E-state index contributed by atoms with van der Waals surface area (Å²) >= 11 is 8.08. The van der Waals surface area contributed by atoms with Crippen molar-refractivity contribution in [2.45, 2.75) is 0 Å². The molecule has 1 aromatic heterocycles. The molecule has 2 aromatic carbocycles. The van der Waals surface area contributed by atoms with Gasteiger partial charge in [-0.15, -0.1) is 11.3 Å². The number of imide groups is 1. The van der Waals surface area contributed by atoms with Crippen molar-refractivity contribution in [3.05, 3.63) is 75.0 Å². The second kappa shape index (κ2) is 8.20. The normalized spacial score (nSPS) is 14.9. The highest BCUT2D eigenvalue weighted by Crippen LogP contribution is 2.27. The zero-order valence-corrected chi connectivity index (χ0v) is 17.0. The second-order valence-corrected chi connectivity index (χ2v) is 8.28. The summed E-state index contributed by atoms with van der Waals surface area (Å²) in [6.45, 7) is 0. The summed E-state index contributed by atoms with van der Waals surface area (Å²) in [5.74, 6) is -0.702. The summed E-state index contributed by atoms with van der Waals surface area (Å²) in [6, 6.07) is 14.0. The molecule has 0 spiro atoms. The van der Waals surface area contributed by atoms with Crippen molar-refractivity contribution in [2.24, 2.45) is 0 Å². The van der Waals surface area contributed by atoms with Gasteiger partial charge in [0.25, 0.3) is 17.1 Å². The molecule has 144 valence electrons. The Kier molecular flexibility index (Phi) is 5.48. The second-order valence-electron chi connectivity index (χ2n) is 5.97. The van der Waals surface area contributed by atoms with Crippen LogP contribution < -0.4 is 10.6 Å². The summed E-state index contributed by atoms with van der Waals surface area (Å²) in [5.41, 5.74) is 2.84. The maximum atomic E-state index is 12.5. The number of aromatic nitrogens is 1. The Labute approximate surface area is 179 Å². The van der Waals surface area contributed by atoms with Crippen molar-refractivity contribution in [1.82, 2.24) is 10.3 Å². The first-order chi connectivity index (χ1) is 14.0. The number of thiazole rings is 1. The first-order valence-electron chi connectivity index (χ1n) is 8.36. The number of benzene rings is 2. The van der Waals surface area contributed by atoms with Gasteiger partial charge in [0.15, 0.2) is 5.13 Å². The topological polar surface area (TPSA) is 88.2 Å². The first-order valence-corrected chi connectivity index (χ1v) is 10.4. The van der Waals surface area contributed by atoms with Crippen LogP contribution in [-0.2, 0) is 4.79 Å². The van der Waals surface area contributed by atoms with Crippen LogP contribution in [0.25, 0.3) is 17.3 Å². The van der Waals surface area contributed by atoms with E-state index in [1.807, 2.05) is 17.5 Å². The molecular formula is C20H12ClN3O3S2. The molecule has 2 N–H and O–H groups in total. The predicted octanol–water partition coefficient (Wildman–Crippen LogP) is 5.04. The molecule has 1 saturated heterocycles. The molecule has 6 nitrogen and oxygen atoms in total. The lowest BCUT2D eigenvalue weighted by Gasteiger charge is -2.03. The number of hydrogen-bond donors (Lipinski definition) is 2. The number of nitrogens with one attached hydrogen (secondary N) is 2. The fraction of sp³-hybridized carbons (Fsp3) is 0. The van der Waals surface area contributed by atoms with Crippen molar-refractivity contribution in [1.29, 1.82) is 0 Å². The Morgan fingerprint density at radius 3 is 2.45 bits per heavy atom. The van der Waals surface area contributed by atoms with Crippen LogP contribution >= 0.6 is 34.7 Å². The zero-order valence-electron chi connectivity index (χ0n) is 14.6. The number of rotatable bonds is 4. The van der Waals surface area contributed by atoms with Gasteiger partial charge in [-0.05, 0) is 47.7 Å². The SMILES string of the molecule is O=C1NC(=O)/C(=C/c2ccc(C(=O)Nc3nc(-c4ccc(Cl)cc4)cs3)cc2)S1. The van der Waals surface area contributed by atoms with Crippen LogP contribution in [-0.4, -0.2) is 22.0 Å². The van der Waals surface area contributed by atoms with E-state index >= 15 is 0 Å². The molecular weight excluding hydrogens is 430 g/mol. The zero-order chi connectivity index (χ0) is 20.4. The third kappa shape index (κ3) is 4.56. The summed E-state index contributed by atoms with van der Waals surface area (Å²) in [6.07, 6.45) is 1.60. The van der Waals surface area contributed by atoms with Gasteiger partial charge in [0.1, 0.15) is 0 Å². The van der Waals surface area contributed by atoms with Gasteiger partial charge in [-0.25, -0.2) is 4.98 Å². The number of carbonyl (C=O) groups excluding carboxylic acids is 3. The van der Waals surface area contributed by atoms with Gasteiger partial charge >= 0.3 is 0 Å². The first kappa shape index (κ1) is 19.4. The van der Waals surface area contributed by atoms with Gasteiger partial charge in [0.2, 0.25) is 0 Å². The van der Waals surface area contributed by atoms with Gasteiger partial charge in [-0.3, -0.25) is 25.0 Å². The van der Waals surface area contributed by atoms with Gasteiger partial charge in [-0.2, -0.15) is 0 Å². The number of halogens is 1. The predicted molar refractivity (Wildman–Crippen MR) is 116 cm³/mol. The van der Waals surface area contributed by atoms with E-state index in [9.17, 15) is 14.4 Å². The van der Waals surface area contributed by atoms with Crippen molar-refractivity contribution >= 4 is 63.0 Å². The minimum atomic E-state index is -0.415. The molecule has 0 aliphatic carbocycles. The summed E-state index contributed by atoms with van der Waals surface area (Å²) in [5, 5.41) is 7.59. The van der Waals surface area contributed by atoms with E-state index in [1.54, 1.807) is 42.5 Å². The van der Waals surface area contributed by atoms with E-state index in [1.165, 1.54) is 11.3 Å². The number of carbonyl (C=O) groups is 3. The third-order valence-electron chi connectivity index (χ3n) is 3.98. The lowest BCUT2D eigenvalue weighted by atomic mass is 10.1. The molecule has 1 aliphatic rings. The monoisotopic (exact) mass is 441 g/mol. The highest BCUT2D eigenvalue weighted by Gasteiger charge is 2.24. The molecule has 1 aliphatic heterocycles. The third-order valence-corrected chi connectivity index (χ3v) is 5.80. The Morgan fingerprint density at radius 1 is 1.07 bits per heavy atom. The van der Waals surface area contributed by atoms with Crippen molar-refractivity contribution < 1.29 is 14.4 Å². The van der Waals surface area contributed by atoms with E-state index < -0.39 is 11.1 Å². The largest absolute Gasteiger partial charge is 0.298 e. The van der Waals surface area contributed by atoms with Crippen molar-refractivity contribution in [2.75, 3.05) is 5.32 Å². The highest BCUT2D eigenvalue weighted by atomic mass is 35.5. The number of nitrogens with zero attached hydrogens (tertiary/aromatic N) is 1. The van der Waals surface area contributed by atoms with E-state index in [0.717, 1.165) is 23.0 Å². The number of amides is 3. The Hall–Kier alpha value is -2.94. The van der Waals surface area contributed by atoms with Crippen LogP contribution in [0.3, 0.4) is 0 Å². The average Bonchev–Trinajstić information content (AvgIpc) is 3.29. The van der Waals surface area contributed by atoms with Crippen LogP contribution in [0.15, 0.2) is 58.8 Å². The molecule has 3 aromatic rings. The van der Waals surface area contributed by atoms with Gasteiger partial charge < -0.3 is 0 Å². The van der Waals surface area contributed by atoms with Gasteiger partial charge in [-0.1, -0.05) is 35.9 Å². The molecule has 3 amide bonds. The molecule has 9 heteroatoms. The molecule has 0 radical (unpaired) electrons. The van der Waals surface area contributed by atoms with Crippen LogP contribution in [0, 0.1) is 0 Å². The molecule has 0 atom stereocenters. The van der Waals surface area contributed by atoms with E-state index in [2.05, 4.69) is 15.6 Å². The van der Waals surface area contributed by atoms with Crippen LogP contribution in [0.2, 0.25) is 5.02 Å². The molecule has 0 saturated carbocycles. The number of thioether (sulfide) groups is 1. The standard InChI is InChI=1S/C20H12ClN3O3S2/c21-14-7-5-12(6-8-14)15-10-28-19(22-15)23-17(25)13-3-1-11(2-4-13)9-16-18(26)24-20(27)29-16/h1-10H,(H,22,23,25)(H,24,26,27)/b16-9-. The van der Waals surface area contributed by atoms with E-state index in [0.29, 0.717) is 26.2 Å². The molecule has 29 heavy (non-hydrogen) atoms. The molecule has 2 heterocycles. The van der Waals surface area contributed by atoms with E-state index in [-0.39, 0.29) is 5.91 Å². The molecule has 0 bridgehead atoms. The molecule has 1 fully saturated rings. The van der Waals surface area contributed by atoms with Crippen molar-refractivity contribution in [3.63, 3.8) is 0 Å². The van der Waals surface area contributed by atoms with E-state index in [4.69, 9.17) is 11.6 Å². The molecule has 0 unspecified atom stereocenters. The maximum Gasteiger partial charge on any atom is 0.290 e. The summed E-state index contributed by atoms with van der Waals surface area (Å²) < 4.78 is 0. The fourth-order valence-corrected chi connectivity index (χ4v) is 4.08. The highest BCUT2D eigenvalue weighted by molar-refractivity contribution is 8.18. The summed E-state index contributed by atoms with van der Waals surface area (Å²) in [4.78, 5) is 40.0. The minimum Gasteiger partial charge on any atom is -0.298 e. The maximum absolute atomic E-state index is 12.5. The number of hydrogen-bond acceptors (Lipinski definition) is 6. The Balaban J connectivity index is 1.44. The Bertz CT molecular complexity index is 1140. The molecule has 4 rings (SSSR count). The minimum absolute atomic E-state index is 0.288. The summed E-state index contributed by atoms with van der Waals surface area (Å²) in [7, 11) is 0. The van der Waals surface area contributed by atoms with Crippen LogP contribution in [0.1, 0.15) is 15.9 Å².